The van der Waals surface area contributed by atoms with Crippen LogP contribution in [0.5, 0.6) is 11.5 Å². The Balaban J connectivity index is 1.98. The van der Waals surface area contributed by atoms with Crippen molar-refractivity contribution >= 4 is 17.7 Å². The summed E-state index contributed by atoms with van der Waals surface area (Å²) in [6, 6.07) is 13.3. The van der Waals surface area contributed by atoms with Crippen LogP contribution in [0.1, 0.15) is 22.8 Å². The first-order valence-corrected chi connectivity index (χ1v) is 8.67. The Bertz CT molecular complexity index is 834. The van der Waals surface area contributed by atoms with Crippen LogP contribution >= 0.6 is 0 Å². The molecule has 1 atom stereocenters. The van der Waals surface area contributed by atoms with Gasteiger partial charge < -0.3 is 19.5 Å². The summed E-state index contributed by atoms with van der Waals surface area (Å²) in [5, 5.41) is 2.68. The molecule has 0 aliphatic heterocycles. The van der Waals surface area contributed by atoms with Crippen molar-refractivity contribution in [3.63, 3.8) is 0 Å². The van der Waals surface area contributed by atoms with E-state index in [0.29, 0.717) is 23.5 Å². The maximum atomic E-state index is 12.2. The summed E-state index contributed by atoms with van der Waals surface area (Å²) in [5.41, 5.74) is 1.25. The van der Waals surface area contributed by atoms with E-state index < -0.39 is 17.9 Å². The van der Waals surface area contributed by atoms with Crippen LogP contribution in [0.4, 0.5) is 0 Å². The smallest absolute Gasteiger partial charge is 0.337 e. The number of esters is 1. The third-order valence-corrected chi connectivity index (χ3v) is 4.05. The van der Waals surface area contributed by atoms with Gasteiger partial charge in [0, 0.05) is 0 Å². The average Bonchev–Trinajstić information content (AvgIpc) is 2.71. The van der Waals surface area contributed by atoms with Gasteiger partial charge in [0.2, 0.25) is 0 Å². The summed E-state index contributed by atoms with van der Waals surface area (Å²) in [4.78, 5) is 35.7. The van der Waals surface area contributed by atoms with Crippen LogP contribution in [0.15, 0.2) is 48.5 Å². The topological polar surface area (TPSA) is 90.9 Å². The maximum Gasteiger partial charge on any atom is 0.337 e. The van der Waals surface area contributed by atoms with E-state index in [9.17, 15) is 14.4 Å². The van der Waals surface area contributed by atoms with Crippen LogP contribution in [0, 0.1) is 0 Å². The molecule has 1 amide bonds. The number of ether oxygens (including phenoxy) is 3. The molecule has 1 N–H and O–H groups in total. The third kappa shape index (κ3) is 5.84. The molecule has 0 aliphatic rings. The summed E-state index contributed by atoms with van der Waals surface area (Å²) in [7, 11) is 2.71. The lowest BCUT2D eigenvalue weighted by atomic mass is 10.0. The Morgan fingerprint density at radius 1 is 1.00 bits per heavy atom. The van der Waals surface area contributed by atoms with Crippen LogP contribution in [-0.4, -0.2) is 44.5 Å². The van der Waals surface area contributed by atoms with Crippen LogP contribution in [0.2, 0.25) is 0 Å². The molecule has 0 aliphatic carbocycles. The molecule has 148 valence electrons. The second-order valence-corrected chi connectivity index (χ2v) is 6.07. The number of nitrogens with one attached hydrogen (secondary N) is 1. The second kappa shape index (κ2) is 10.1. The fourth-order valence-electron chi connectivity index (χ4n) is 2.56. The minimum atomic E-state index is -0.637. The molecular weight excluding hydrogens is 362 g/mol. The van der Waals surface area contributed by atoms with Gasteiger partial charge in [0.05, 0.1) is 25.8 Å². The molecule has 0 spiro atoms. The minimum absolute atomic E-state index is 0.141. The van der Waals surface area contributed by atoms with E-state index in [1.54, 1.807) is 0 Å². The number of ketones is 1. The molecule has 0 unspecified atom stereocenters. The number of amides is 1. The molecule has 7 nitrogen and oxygen atoms in total. The first kappa shape index (κ1) is 21.0. The third-order valence-electron chi connectivity index (χ3n) is 4.05. The normalized spacial score (nSPS) is 11.2. The summed E-state index contributed by atoms with van der Waals surface area (Å²) in [6.07, 6.45) is 0.402. The molecule has 2 rings (SSSR count). The van der Waals surface area contributed by atoms with Gasteiger partial charge in [-0.1, -0.05) is 30.3 Å². The van der Waals surface area contributed by atoms with Gasteiger partial charge in [-0.05, 0) is 37.1 Å². The van der Waals surface area contributed by atoms with Crippen molar-refractivity contribution in [2.45, 2.75) is 19.4 Å². The molecule has 0 bridgehead atoms. The van der Waals surface area contributed by atoms with Gasteiger partial charge in [0.1, 0.15) is 0 Å². The van der Waals surface area contributed by atoms with Crippen molar-refractivity contribution in [3.05, 3.63) is 59.7 Å². The molecule has 2 aromatic carbocycles. The molecule has 0 radical (unpaired) electrons. The summed E-state index contributed by atoms with van der Waals surface area (Å²) in [6.45, 7) is 1.13. The molecule has 0 heterocycles. The zero-order valence-corrected chi connectivity index (χ0v) is 16.1. The molecular formula is C21H23NO6. The van der Waals surface area contributed by atoms with Crippen LogP contribution in [0.25, 0.3) is 0 Å². The van der Waals surface area contributed by atoms with Crippen LogP contribution < -0.4 is 14.8 Å². The zero-order chi connectivity index (χ0) is 20.5. The number of hydrogen-bond donors (Lipinski definition) is 1. The van der Waals surface area contributed by atoms with Crippen molar-refractivity contribution in [1.29, 1.82) is 0 Å². The van der Waals surface area contributed by atoms with Crippen LogP contribution in [0.3, 0.4) is 0 Å². The van der Waals surface area contributed by atoms with Gasteiger partial charge in [-0.15, -0.1) is 0 Å². The quantitative estimate of drug-likeness (QED) is 0.666. The highest BCUT2D eigenvalue weighted by Crippen LogP contribution is 2.28. The van der Waals surface area contributed by atoms with Crippen LogP contribution in [-0.2, 0) is 20.7 Å². The average molecular weight is 385 g/mol. The molecule has 0 aromatic heterocycles. The standard InChI is InChI=1S/C21H23NO6/c1-14(23)17(11-15-7-5-4-6-8-15)22-20(24)13-28-18-10-9-16(21(25)27-3)12-19(18)26-2/h4-10,12,17H,11,13H2,1-3H3,(H,22,24)/t17-/m1/s1. The van der Waals surface area contributed by atoms with Gasteiger partial charge in [-0.2, -0.15) is 0 Å². The largest absolute Gasteiger partial charge is 0.493 e. The fraction of sp³-hybridized carbons (Fsp3) is 0.286. The molecule has 0 saturated heterocycles. The van der Waals surface area contributed by atoms with E-state index in [2.05, 4.69) is 10.1 Å². The van der Waals surface area contributed by atoms with E-state index in [0.717, 1.165) is 5.56 Å². The number of hydrogen-bond acceptors (Lipinski definition) is 6. The Kier molecular flexibility index (Phi) is 7.56. The Morgan fingerprint density at radius 2 is 1.71 bits per heavy atom. The number of methoxy groups -OCH3 is 2. The lowest BCUT2D eigenvalue weighted by Gasteiger charge is -2.17. The lowest BCUT2D eigenvalue weighted by molar-refractivity contribution is -0.128. The monoisotopic (exact) mass is 385 g/mol. The van der Waals surface area contributed by atoms with Crippen molar-refractivity contribution in [3.8, 4) is 11.5 Å². The van der Waals surface area contributed by atoms with Gasteiger partial charge >= 0.3 is 5.97 Å². The fourth-order valence-corrected chi connectivity index (χ4v) is 2.56. The Hall–Kier alpha value is -3.35. The zero-order valence-electron chi connectivity index (χ0n) is 16.1. The van der Waals surface area contributed by atoms with Gasteiger partial charge in [-0.3, -0.25) is 9.59 Å². The van der Waals surface area contributed by atoms with E-state index in [-0.39, 0.29) is 12.4 Å². The van der Waals surface area contributed by atoms with Gasteiger partial charge in [0.25, 0.3) is 5.91 Å². The number of carbonyl (C=O) groups is 3. The van der Waals surface area contributed by atoms with Crippen molar-refractivity contribution < 1.29 is 28.6 Å². The lowest BCUT2D eigenvalue weighted by Crippen LogP contribution is -2.43. The van der Waals surface area contributed by atoms with Crippen molar-refractivity contribution in [1.82, 2.24) is 5.32 Å². The minimum Gasteiger partial charge on any atom is -0.493 e. The van der Waals surface area contributed by atoms with Gasteiger partial charge in [0.15, 0.2) is 23.9 Å². The summed E-state index contributed by atoms with van der Waals surface area (Å²) >= 11 is 0. The first-order valence-electron chi connectivity index (χ1n) is 8.67. The predicted octanol–water partition coefficient (Wildman–Crippen LogP) is 2.18. The van der Waals surface area contributed by atoms with E-state index >= 15 is 0 Å². The molecule has 0 fully saturated rings. The second-order valence-electron chi connectivity index (χ2n) is 6.07. The summed E-state index contributed by atoms with van der Waals surface area (Å²) < 4.78 is 15.3. The maximum absolute atomic E-state index is 12.2. The Labute approximate surface area is 163 Å². The number of benzene rings is 2. The summed E-state index contributed by atoms with van der Waals surface area (Å²) in [5.74, 6) is -0.490. The molecule has 2 aromatic rings. The number of Topliss-reactive ketones (excluding diaryl/α,β-unsaturated/α-hetero) is 1. The van der Waals surface area contributed by atoms with Crippen molar-refractivity contribution in [2.24, 2.45) is 0 Å². The SMILES string of the molecule is COC(=O)c1ccc(OCC(=O)N[C@H](Cc2ccccc2)C(C)=O)c(OC)c1. The van der Waals surface area contributed by atoms with E-state index in [1.165, 1.54) is 39.3 Å². The van der Waals surface area contributed by atoms with Crippen molar-refractivity contribution in [2.75, 3.05) is 20.8 Å². The van der Waals surface area contributed by atoms with E-state index in [1.807, 2.05) is 30.3 Å². The Morgan fingerprint density at radius 3 is 2.32 bits per heavy atom. The predicted molar refractivity (Wildman–Crippen MR) is 103 cm³/mol. The van der Waals surface area contributed by atoms with E-state index in [4.69, 9.17) is 9.47 Å². The highest BCUT2D eigenvalue weighted by molar-refractivity contribution is 5.90. The highest BCUT2D eigenvalue weighted by atomic mass is 16.5. The molecule has 7 heteroatoms. The number of carbonyl (C=O) groups excluding carboxylic acids is 3. The number of rotatable bonds is 9. The van der Waals surface area contributed by atoms with Gasteiger partial charge in [-0.25, -0.2) is 4.79 Å². The first-order chi connectivity index (χ1) is 13.4. The highest BCUT2D eigenvalue weighted by Gasteiger charge is 2.19. The molecule has 0 saturated carbocycles. The molecule has 28 heavy (non-hydrogen) atoms.